The Bertz CT molecular complexity index is 191. The molecule has 0 aliphatic heterocycles. The van der Waals surface area contributed by atoms with Gasteiger partial charge in [-0.3, -0.25) is 0 Å². The highest BCUT2D eigenvalue weighted by Crippen LogP contribution is 2.14. The molecule has 13 heavy (non-hydrogen) atoms. The van der Waals surface area contributed by atoms with Gasteiger partial charge < -0.3 is 10.1 Å². The zero-order valence-electron chi connectivity index (χ0n) is 7.02. The van der Waals surface area contributed by atoms with Gasteiger partial charge in [-0.15, -0.1) is 6.58 Å². The van der Waals surface area contributed by atoms with Crippen molar-refractivity contribution in [2.24, 2.45) is 0 Å². The van der Waals surface area contributed by atoms with Crippen molar-refractivity contribution in [2.75, 3.05) is 6.61 Å². The number of hydrogen-bond donors (Lipinski definition) is 1. The summed E-state index contributed by atoms with van der Waals surface area (Å²) in [6.45, 7) is 3.31. The van der Waals surface area contributed by atoms with Gasteiger partial charge in [0.1, 0.15) is 0 Å². The van der Waals surface area contributed by atoms with E-state index in [-0.39, 0.29) is 0 Å². The van der Waals surface area contributed by atoms with Crippen LogP contribution in [0.3, 0.4) is 0 Å². The summed E-state index contributed by atoms with van der Waals surface area (Å²) in [4.78, 5) is 10.6. The number of halogens is 3. The van der Waals surface area contributed by atoms with Gasteiger partial charge in [0, 0.05) is 6.04 Å². The van der Waals surface area contributed by atoms with E-state index < -0.39 is 24.9 Å². The fraction of sp³-hybridized carbons (Fsp3) is 0.571. The van der Waals surface area contributed by atoms with Crippen molar-refractivity contribution in [3.05, 3.63) is 12.7 Å². The molecule has 0 spiro atoms. The largest absolute Gasteiger partial charge is 0.440 e. The smallest absolute Gasteiger partial charge is 0.422 e. The van der Waals surface area contributed by atoms with Gasteiger partial charge in [-0.05, 0) is 6.92 Å². The SMILES string of the molecule is C=CC(C)NC(=O)OCC(F)(F)F. The molecule has 0 aromatic heterocycles. The molecule has 0 rings (SSSR count). The van der Waals surface area contributed by atoms with Crippen molar-refractivity contribution in [3.8, 4) is 0 Å². The molecule has 1 amide bonds. The normalized spacial score (nSPS) is 13.2. The second-order valence-electron chi connectivity index (χ2n) is 2.36. The Morgan fingerprint density at radius 2 is 2.23 bits per heavy atom. The van der Waals surface area contributed by atoms with Crippen molar-refractivity contribution in [3.63, 3.8) is 0 Å². The van der Waals surface area contributed by atoms with Gasteiger partial charge in [-0.25, -0.2) is 4.79 Å². The molecule has 0 radical (unpaired) electrons. The van der Waals surface area contributed by atoms with Crippen LogP contribution in [0.25, 0.3) is 0 Å². The molecule has 1 N–H and O–H groups in total. The molecule has 0 saturated heterocycles. The number of carbonyl (C=O) groups excluding carboxylic acids is 1. The fourth-order valence-electron chi connectivity index (χ4n) is 0.434. The van der Waals surface area contributed by atoms with Gasteiger partial charge in [0.25, 0.3) is 0 Å². The van der Waals surface area contributed by atoms with E-state index in [0.717, 1.165) is 0 Å². The minimum absolute atomic E-state index is 0.416. The van der Waals surface area contributed by atoms with Crippen LogP contribution in [0.4, 0.5) is 18.0 Å². The Kier molecular flexibility index (Phi) is 4.30. The van der Waals surface area contributed by atoms with Gasteiger partial charge >= 0.3 is 12.3 Å². The van der Waals surface area contributed by atoms with Crippen LogP contribution in [0.15, 0.2) is 12.7 Å². The Hall–Kier alpha value is -1.20. The Balaban J connectivity index is 3.70. The summed E-state index contributed by atoms with van der Waals surface area (Å²) in [7, 11) is 0. The van der Waals surface area contributed by atoms with Gasteiger partial charge in [0.15, 0.2) is 6.61 Å². The zero-order valence-corrected chi connectivity index (χ0v) is 7.02. The number of ether oxygens (including phenoxy) is 1. The van der Waals surface area contributed by atoms with Crippen molar-refractivity contribution in [2.45, 2.75) is 19.1 Å². The molecule has 0 aliphatic carbocycles. The second-order valence-corrected chi connectivity index (χ2v) is 2.36. The molecule has 1 unspecified atom stereocenters. The lowest BCUT2D eigenvalue weighted by atomic mass is 10.3. The van der Waals surface area contributed by atoms with Gasteiger partial charge in [0.05, 0.1) is 0 Å². The molecule has 0 heterocycles. The highest BCUT2D eigenvalue weighted by molar-refractivity contribution is 5.67. The highest BCUT2D eigenvalue weighted by Gasteiger charge is 2.29. The maximum Gasteiger partial charge on any atom is 0.422 e. The number of carbonyl (C=O) groups is 1. The topological polar surface area (TPSA) is 38.3 Å². The zero-order chi connectivity index (χ0) is 10.5. The second kappa shape index (κ2) is 4.74. The third-order valence-corrected chi connectivity index (χ3v) is 1.07. The minimum Gasteiger partial charge on any atom is -0.440 e. The van der Waals surface area contributed by atoms with E-state index in [2.05, 4.69) is 16.6 Å². The van der Waals surface area contributed by atoms with Crippen molar-refractivity contribution in [1.29, 1.82) is 0 Å². The third-order valence-electron chi connectivity index (χ3n) is 1.07. The minimum atomic E-state index is -4.49. The highest BCUT2D eigenvalue weighted by atomic mass is 19.4. The first-order valence-corrected chi connectivity index (χ1v) is 3.48. The summed E-state index contributed by atoms with van der Waals surface area (Å²) in [6.07, 6.45) is -4.23. The number of hydrogen-bond acceptors (Lipinski definition) is 2. The van der Waals surface area contributed by atoms with E-state index in [4.69, 9.17) is 0 Å². The summed E-state index contributed by atoms with van der Waals surface area (Å²) in [5.74, 6) is 0. The monoisotopic (exact) mass is 197 g/mol. The number of alkyl halides is 3. The average Bonchev–Trinajstić information content (AvgIpc) is 1.99. The van der Waals surface area contributed by atoms with Crippen molar-refractivity contribution in [1.82, 2.24) is 5.32 Å². The summed E-state index contributed by atoms with van der Waals surface area (Å²) in [5.41, 5.74) is 0. The lowest BCUT2D eigenvalue weighted by Gasteiger charge is -2.11. The Labute approximate surface area is 73.6 Å². The van der Waals surface area contributed by atoms with E-state index in [1.807, 2.05) is 0 Å². The maximum atomic E-state index is 11.5. The lowest BCUT2D eigenvalue weighted by Crippen LogP contribution is -2.33. The molecule has 0 fully saturated rings. The molecule has 3 nitrogen and oxygen atoms in total. The lowest BCUT2D eigenvalue weighted by molar-refractivity contribution is -0.160. The molecule has 0 aromatic rings. The molecule has 1 atom stereocenters. The van der Waals surface area contributed by atoms with Crippen LogP contribution in [0.1, 0.15) is 6.92 Å². The van der Waals surface area contributed by atoms with Crippen LogP contribution in [0.2, 0.25) is 0 Å². The van der Waals surface area contributed by atoms with Crippen LogP contribution in [-0.2, 0) is 4.74 Å². The van der Waals surface area contributed by atoms with Crippen molar-refractivity contribution < 1.29 is 22.7 Å². The summed E-state index contributed by atoms with van der Waals surface area (Å²) >= 11 is 0. The first-order chi connectivity index (χ1) is 5.85. The molecule has 0 saturated carbocycles. The summed E-state index contributed by atoms with van der Waals surface area (Å²) in [6, 6.07) is -0.416. The number of rotatable bonds is 3. The molecule has 6 heteroatoms. The fourth-order valence-corrected chi connectivity index (χ4v) is 0.434. The van der Waals surface area contributed by atoms with E-state index in [1.54, 1.807) is 6.92 Å². The summed E-state index contributed by atoms with van der Waals surface area (Å²) in [5, 5.41) is 2.12. The van der Waals surface area contributed by atoms with E-state index in [0.29, 0.717) is 0 Å². The molecular formula is C7H10F3NO2. The van der Waals surface area contributed by atoms with Gasteiger partial charge in [-0.2, -0.15) is 13.2 Å². The first kappa shape index (κ1) is 11.8. The molecule has 0 bridgehead atoms. The van der Waals surface area contributed by atoms with E-state index in [1.165, 1.54) is 6.08 Å². The predicted molar refractivity (Wildman–Crippen MR) is 40.2 cm³/mol. The number of amides is 1. The Morgan fingerprint density at radius 1 is 1.69 bits per heavy atom. The van der Waals surface area contributed by atoms with Crippen molar-refractivity contribution >= 4 is 6.09 Å². The van der Waals surface area contributed by atoms with Crippen LogP contribution < -0.4 is 5.32 Å². The standard InChI is InChI=1S/C7H10F3NO2/c1-3-5(2)11-6(12)13-4-7(8,9)10/h3,5H,1,4H2,2H3,(H,11,12). The number of nitrogens with one attached hydrogen (secondary N) is 1. The average molecular weight is 197 g/mol. The van der Waals surface area contributed by atoms with Crippen LogP contribution in [0, 0.1) is 0 Å². The van der Waals surface area contributed by atoms with E-state index in [9.17, 15) is 18.0 Å². The molecule has 0 aliphatic rings. The van der Waals surface area contributed by atoms with Gasteiger partial charge in [0.2, 0.25) is 0 Å². The van der Waals surface area contributed by atoms with Crippen LogP contribution in [-0.4, -0.2) is 24.9 Å². The number of alkyl carbamates (subject to hydrolysis) is 1. The molecule has 76 valence electrons. The quantitative estimate of drug-likeness (QED) is 0.701. The van der Waals surface area contributed by atoms with Gasteiger partial charge in [-0.1, -0.05) is 6.08 Å². The third kappa shape index (κ3) is 7.17. The Morgan fingerprint density at radius 3 is 2.62 bits per heavy atom. The molecular weight excluding hydrogens is 187 g/mol. The van der Waals surface area contributed by atoms with Crippen LogP contribution >= 0.6 is 0 Å². The van der Waals surface area contributed by atoms with E-state index >= 15 is 0 Å². The summed E-state index contributed by atoms with van der Waals surface area (Å²) < 4.78 is 38.4. The molecule has 0 aromatic carbocycles. The predicted octanol–water partition coefficient (Wildman–Crippen LogP) is 1.85. The van der Waals surface area contributed by atoms with Crippen LogP contribution in [0.5, 0.6) is 0 Å². The first-order valence-electron chi connectivity index (χ1n) is 3.48. The maximum absolute atomic E-state index is 11.5.